The van der Waals surface area contributed by atoms with Crippen molar-refractivity contribution in [1.29, 1.82) is 0 Å². The van der Waals surface area contributed by atoms with Gasteiger partial charge in [-0.2, -0.15) is 0 Å². The molecule has 0 spiro atoms. The fourth-order valence-corrected chi connectivity index (χ4v) is 2.91. The molecule has 21 heavy (non-hydrogen) atoms. The monoisotopic (exact) mass is 291 g/mol. The van der Waals surface area contributed by atoms with E-state index >= 15 is 0 Å². The second-order valence-corrected chi connectivity index (χ2v) is 6.49. The number of rotatable bonds is 6. The number of carboxylic acid groups (broad SMARTS) is 1. The molecule has 1 aliphatic carbocycles. The standard InChI is InChI=1S/C17H25NO3/c1-12-9-14(21-15(12)16(19)20)10-18-11-17(2,3)13-7-5-4-6-8-13/h7,9,18H,4-6,8,10-11H2,1-3H3,(H,19,20). The van der Waals surface area contributed by atoms with E-state index in [-0.39, 0.29) is 11.2 Å². The number of aryl methyl sites for hydroxylation is 1. The molecular formula is C17H25NO3. The fraction of sp³-hybridized carbons (Fsp3) is 0.588. The van der Waals surface area contributed by atoms with Crippen LogP contribution in [0.2, 0.25) is 0 Å². The van der Waals surface area contributed by atoms with Crippen molar-refractivity contribution in [3.8, 4) is 0 Å². The van der Waals surface area contributed by atoms with E-state index in [0.717, 1.165) is 6.54 Å². The van der Waals surface area contributed by atoms with Crippen molar-refractivity contribution in [3.63, 3.8) is 0 Å². The molecule has 0 bridgehead atoms. The minimum Gasteiger partial charge on any atom is -0.475 e. The van der Waals surface area contributed by atoms with Crippen LogP contribution in [0.15, 0.2) is 22.1 Å². The van der Waals surface area contributed by atoms with Crippen LogP contribution in [0.5, 0.6) is 0 Å². The molecule has 0 radical (unpaired) electrons. The van der Waals surface area contributed by atoms with Crippen LogP contribution in [0.3, 0.4) is 0 Å². The smallest absolute Gasteiger partial charge is 0.372 e. The van der Waals surface area contributed by atoms with Crippen LogP contribution in [0.1, 0.15) is 61.4 Å². The van der Waals surface area contributed by atoms with Gasteiger partial charge in [-0.05, 0) is 44.1 Å². The summed E-state index contributed by atoms with van der Waals surface area (Å²) in [5.41, 5.74) is 2.34. The Hall–Kier alpha value is -1.55. The van der Waals surface area contributed by atoms with Crippen LogP contribution in [0.4, 0.5) is 0 Å². The normalized spacial score (nSPS) is 15.9. The average Bonchev–Trinajstić information content (AvgIpc) is 2.81. The van der Waals surface area contributed by atoms with E-state index in [1.54, 1.807) is 13.0 Å². The molecule has 0 saturated carbocycles. The molecule has 116 valence electrons. The molecule has 4 heteroatoms. The van der Waals surface area contributed by atoms with Gasteiger partial charge in [0, 0.05) is 12.1 Å². The molecule has 1 heterocycles. The van der Waals surface area contributed by atoms with E-state index < -0.39 is 5.97 Å². The summed E-state index contributed by atoms with van der Waals surface area (Å²) < 4.78 is 5.36. The van der Waals surface area contributed by atoms with Gasteiger partial charge in [0.2, 0.25) is 5.76 Å². The third-order valence-corrected chi connectivity index (χ3v) is 4.19. The molecule has 0 aromatic carbocycles. The van der Waals surface area contributed by atoms with E-state index in [9.17, 15) is 4.79 Å². The first-order valence-corrected chi connectivity index (χ1v) is 7.63. The zero-order valence-corrected chi connectivity index (χ0v) is 13.2. The number of nitrogens with one attached hydrogen (secondary N) is 1. The summed E-state index contributed by atoms with van der Waals surface area (Å²) in [7, 11) is 0. The minimum atomic E-state index is -1.01. The molecule has 2 rings (SSSR count). The Bertz CT molecular complexity index is 540. The van der Waals surface area contributed by atoms with E-state index in [4.69, 9.17) is 9.52 Å². The van der Waals surface area contributed by atoms with Crippen molar-refractivity contribution in [2.24, 2.45) is 5.41 Å². The Morgan fingerprint density at radius 3 is 2.76 bits per heavy atom. The lowest BCUT2D eigenvalue weighted by Crippen LogP contribution is -2.31. The molecule has 0 atom stereocenters. The Kier molecular flexibility index (Phi) is 4.88. The number of hydrogen-bond donors (Lipinski definition) is 2. The molecule has 0 unspecified atom stereocenters. The Morgan fingerprint density at radius 2 is 2.19 bits per heavy atom. The highest BCUT2D eigenvalue weighted by Crippen LogP contribution is 2.33. The van der Waals surface area contributed by atoms with Gasteiger partial charge in [0.05, 0.1) is 6.54 Å². The van der Waals surface area contributed by atoms with Gasteiger partial charge in [-0.3, -0.25) is 0 Å². The summed E-state index contributed by atoms with van der Waals surface area (Å²) in [6, 6.07) is 1.79. The molecule has 4 nitrogen and oxygen atoms in total. The van der Waals surface area contributed by atoms with Gasteiger partial charge in [0.15, 0.2) is 0 Å². The number of aromatic carboxylic acids is 1. The predicted octanol–water partition coefficient (Wildman–Crippen LogP) is 3.90. The Labute approximate surface area is 126 Å². The highest BCUT2D eigenvalue weighted by atomic mass is 16.4. The van der Waals surface area contributed by atoms with Crippen LogP contribution >= 0.6 is 0 Å². The second-order valence-electron chi connectivity index (χ2n) is 6.49. The van der Waals surface area contributed by atoms with Gasteiger partial charge in [0.1, 0.15) is 5.76 Å². The van der Waals surface area contributed by atoms with Gasteiger partial charge in [0.25, 0.3) is 0 Å². The second kappa shape index (κ2) is 6.48. The third-order valence-electron chi connectivity index (χ3n) is 4.19. The maximum Gasteiger partial charge on any atom is 0.372 e. The van der Waals surface area contributed by atoms with Crippen LogP contribution in [0, 0.1) is 12.3 Å². The molecule has 1 aliphatic rings. The fourth-order valence-electron chi connectivity index (χ4n) is 2.91. The Morgan fingerprint density at radius 1 is 1.43 bits per heavy atom. The lowest BCUT2D eigenvalue weighted by atomic mass is 9.78. The summed E-state index contributed by atoms with van der Waals surface area (Å²) in [5, 5.41) is 12.4. The summed E-state index contributed by atoms with van der Waals surface area (Å²) in [6.45, 7) is 7.69. The van der Waals surface area contributed by atoms with Gasteiger partial charge < -0.3 is 14.8 Å². The molecule has 1 aromatic rings. The van der Waals surface area contributed by atoms with Gasteiger partial charge in [-0.25, -0.2) is 4.79 Å². The first-order chi connectivity index (χ1) is 9.90. The topological polar surface area (TPSA) is 62.5 Å². The van der Waals surface area contributed by atoms with E-state index in [0.29, 0.717) is 17.9 Å². The van der Waals surface area contributed by atoms with Crippen molar-refractivity contribution in [1.82, 2.24) is 5.32 Å². The first-order valence-electron chi connectivity index (χ1n) is 7.63. The quantitative estimate of drug-likeness (QED) is 0.780. The SMILES string of the molecule is Cc1cc(CNCC(C)(C)C2=CCCCC2)oc1C(=O)O. The predicted molar refractivity (Wildman–Crippen MR) is 82.4 cm³/mol. The maximum absolute atomic E-state index is 11.0. The van der Waals surface area contributed by atoms with Crippen molar-refractivity contribution in [2.45, 2.75) is 53.0 Å². The number of furan rings is 1. The van der Waals surface area contributed by atoms with Crippen molar-refractivity contribution in [2.75, 3.05) is 6.54 Å². The molecule has 0 amide bonds. The van der Waals surface area contributed by atoms with Crippen LogP contribution < -0.4 is 5.32 Å². The summed E-state index contributed by atoms with van der Waals surface area (Å²) >= 11 is 0. The first kappa shape index (κ1) is 15.8. The van der Waals surface area contributed by atoms with E-state index in [1.807, 2.05) is 0 Å². The molecule has 0 aliphatic heterocycles. The molecule has 1 aromatic heterocycles. The molecule has 2 N–H and O–H groups in total. The number of allylic oxidation sites excluding steroid dienone is 1. The summed E-state index contributed by atoms with van der Waals surface area (Å²) in [6.07, 6.45) is 7.35. The average molecular weight is 291 g/mol. The van der Waals surface area contributed by atoms with Crippen LogP contribution in [-0.4, -0.2) is 17.6 Å². The molecule has 0 saturated heterocycles. The Balaban J connectivity index is 1.90. The van der Waals surface area contributed by atoms with E-state index in [2.05, 4.69) is 25.2 Å². The van der Waals surface area contributed by atoms with Gasteiger partial charge in [-0.1, -0.05) is 25.5 Å². The highest BCUT2D eigenvalue weighted by molar-refractivity contribution is 5.86. The highest BCUT2D eigenvalue weighted by Gasteiger charge is 2.24. The van der Waals surface area contributed by atoms with Crippen molar-refractivity contribution < 1.29 is 14.3 Å². The summed E-state index contributed by atoms with van der Waals surface area (Å²) in [4.78, 5) is 11.0. The third kappa shape index (κ3) is 3.97. The van der Waals surface area contributed by atoms with Crippen LogP contribution in [0.25, 0.3) is 0 Å². The van der Waals surface area contributed by atoms with Gasteiger partial charge >= 0.3 is 5.97 Å². The number of carboxylic acids is 1. The largest absolute Gasteiger partial charge is 0.475 e. The number of carbonyl (C=O) groups is 1. The zero-order valence-electron chi connectivity index (χ0n) is 13.2. The van der Waals surface area contributed by atoms with Crippen molar-refractivity contribution >= 4 is 5.97 Å². The minimum absolute atomic E-state index is 0.0426. The lowest BCUT2D eigenvalue weighted by Gasteiger charge is -2.30. The molecule has 0 fully saturated rings. The zero-order chi connectivity index (χ0) is 15.5. The maximum atomic E-state index is 11.0. The summed E-state index contributed by atoms with van der Waals surface area (Å²) in [5.74, 6) is -0.286. The van der Waals surface area contributed by atoms with E-state index in [1.165, 1.54) is 31.3 Å². The number of hydrogen-bond acceptors (Lipinski definition) is 3. The van der Waals surface area contributed by atoms with Crippen LogP contribution in [-0.2, 0) is 6.54 Å². The lowest BCUT2D eigenvalue weighted by molar-refractivity contribution is 0.0659. The molecular weight excluding hydrogens is 266 g/mol. The van der Waals surface area contributed by atoms with Crippen molar-refractivity contribution in [3.05, 3.63) is 34.8 Å². The van der Waals surface area contributed by atoms with Gasteiger partial charge in [-0.15, -0.1) is 0 Å².